The van der Waals surface area contributed by atoms with Crippen LogP contribution in [0.4, 0.5) is 4.79 Å². The fourth-order valence-corrected chi connectivity index (χ4v) is 2.06. The van der Waals surface area contributed by atoms with Crippen molar-refractivity contribution < 1.29 is 18.7 Å². The van der Waals surface area contributed by atoms with Crippen molar-refractivity contribution in [1.82, 2.24) is 21.3 Å². The third kappa shape index (κ3) is 9.53. The Hall–Kier alpha value is -2.71. The number of guanidine groups is 1. The van der Waals surface area contributed by atoms with Crippen molar-refractivity contribution in [2.24, 2.45) is 4.99 Å². The average Bonchev–Trinajstić information content (AvgIpc) is 3.00. The number of rotatable bonds is 8. The summed E-state index contributed by atoms with van der Waals surface area (Å²) in [6, 6.07) is 1.75. The van der Waals surface area contributed by atoms with Crippen molar-refractivity contribution in [2.45, 2.75) is 39.7 Å². The standard InChI is InChI=1S/C18H31N5O4/c1-13-7-12-26-14(13)15(24)20-8-6-9-21-16(19-5)22-10-11-23-17(25)27-18(2,3)4/h7,12H,6,8-11H2,1-5H3,(H,20,24)(H,23,25)(H2,19,21,22). The topological polar surface area (TPSA) is 117 Å². The van der Waals surface area contributed by atoms with Gasteiger partial charge in [0, 0.05) is 38.8 Å². The lowest BCUT2D eigenvalue weighted by Gasteiger charge is -2.19. The Balaban J connectivity index is 2.12. The largest absolute Gasteiger partial charge is 0.459 e. The number of ether oxygens (including phenoxy) is 1. The van der Waals surface area contributed by atoms with Crippen LogP contribution in [0.3, 0.4) is 0 Å². The molecule has 0 aliphatic heterocycles. The number of nitrogens with zero attached hydrogens (tertiary/aromatic N) is 1. The maximum absolute atomic E-state index is 11.9. The second kappa shape index (κ2) is 11.1. The fraction of sp³-hybridized carbons (Fsp3) is 0.611. The monoisotopic (exact) mass is 381 g/mol. The highest BCUT2D eigenvalue weighted by molar-refractivity contribution is 5.92. The Kier molecular flexibility index (Phi) is 9.18. The minimum absolute atomic E-state index is 0.215. The molecule has 0 atom stereocenters. The number of alkyl carbamates (subject to hydrolysis) is 1. The van der Waals surface area contributed by atoms with Crippen molar-refractivity contribution >= 4 is 18.0 Å². The SMILES string of the molecule is CN=C(NCCCNC(=O)c1occc1C)NCCNC(=O)OC(C)(C)C. The number of hydrogen-bond donors (Lipinski definition) is 4. The Morgan fingerprint density at radius 1 is 1.07 bits per heavy atom. The first kappa shape index (κ1) is 22.3. The molecule has 152 valence electrons. The van der Waals surface area contributed by atoms with Gasteiger partial charge in [0.15, 0.2) is 11.7 Å². The highest BCUT2D eigenvalue weighted by Crippen LogP contribution is 2.08. The minimum atomic E-state index is -0.514. The molecule has 0 spiro atoms. The Morgan fingerprint density at radius 3 is 2.30 bits per heavy atom. The Morgan fingerprint density at radius 2 is 1.70 bits per heavy atom. The highest BCUT2D eigenvalue weighted by Gasteiger charge is 2.15. The molecule has 0 saturated heterocycles. The van der Waals surface area contributed by atoms with E-state index in [-0.39, 0.29) is 5.91 Å². The lowest BCUT2D eigenvalue weighted by atomic mass is 10.2. The van der Waals surface area contributed by atoms with E-state index in [1.54, 1.807) is 13.1 Å². The molecule has 9 nitrogen and oxygen atoms in total. The molecule has 27 heavy (non-hydrogen) atoms. The molecular weight excluding hydrogens is 350 g/mol. The van der Waals surface area contributed by atoms with Gasteiger partial charge in [-0.25, -0.2) is 4.79 Å². The first-order valence-electron chi connectivity index (χ1n) is 8.96. The first-order chi connectivity index (χ1) is 12.7. The second-order valence-electron chi connectivity index (χ2n) is 6.90. The highest BCUT2D eigenvalue weighted by atomic mass is 16.6. The summed E-state index contributed by atoms with van der Waals surface area (Å²) in [7, 11) is 1.66. The summed E-state index contributed by atoms with van der Waals surface area (Å²) < 4.78 is 10.3. The zero-order valence-corrected chi connectivity index (χ0v) is 16.8. The molecule has 1 heterocycles. The van der Waals surface area contributed by atoms with Crippen LogP contribution >= 0.6 is 0 Å². The molecule has 0 aromatic carbocycles. The third-order valence-electron chi connectivity index (χ3n) is 3.31. The van der Waals surface area contributed by atoms with Gasteiger partial charge in [0.2, 0.25) is 0 Å². The van der Waals surface area contributed by atoms with E-state index >= 15 is 0 Å². The molecule has 0 aliphatic rings. The Labute approximate surface area is 160 Å². The molecular formula is C18H31N5O4. The summed E-state index contributed by atoms with van der Waals surface area (Å²) in [4.78, 5) is 27.5. The molecule has 9 heteroatoms. The number of aryl methyl sites for hydroxylation is 1. The van der Waals surface area contributed by atoms with Crippen molar-refractivity contribution in [1.29, 1.82) is 0 Å². The molecule has 2 amide bonds. The summed E-state index contributed by atoms with van der Waals surface area (Å²) in [6.45, 7) is 9.34. The van der Waals surface area contributed by atoms with Gasteiger partial charge in [-0.1, -0.05) is 0 Å². The number of amides is 2. The second-order valence-corrected chi connectivity index (χ2v) is 6.90. The number of carbonyl (C=O) groups is 2. The number of hydrogen-bond acceptors (Lipinski definition) is 5. The van der Waals surface area contributed by atoms with Gasteiger partial charge in [-0.05, 0) is 40.2 Å². The smallest absolute Gasteiger partial charge is 0.407 e. The zero-order valence-electron chi connectivity index (χ0n) is 16.8. The molecule has 0 unspecified atom stereocenters. The third-order valence-corrected chi connectivity index (χ3v) is 3.31. The van der Waals surface area contributed by atoms with Gasteiger partial charge in [0.1, 0.15) is 5.60 Å². The number of nitrogens with one attached hydrogen (secondary N) is 4. The van der Waals surface area contributed by atoms with Gasteiger partial charge in [-0.3, -0.25) is 9.79 Å². The number of carbonyl (C=O) groups excluding carboxylic acids is 2. The summed E-state index contributed by atoms with van der Waals surface area (Å²) in [5, 5.41) is 11.7. The van der Waals surface area contributed by atoms with Gasteiger partial charge in [0.25, 0.3) is 5.91 Å². The lowest BCUT2D eigenvalue weighted by Crippen LogP contribution is -2.43. The van der Waals surface area contributed by atoms with Gasteiger partial charge in [0.05, 0.1) is 6.26 Å². The van der Waals surface area contributed by atoms with E-state index in [0.29, 0.717) is 37.9 Å². The zero-order chi connectivity index (χ0) is 20.3. The summed E-state index contributed by atoms with van der Waals surface area (Å²) in [5.74, 6) is 0.750. The normalized spacial score (nSPS) is 11.7. The average molecular weight is 381 g/mol. The minimum Gasteiger partial charge on any atom is -0.459 e. The molecule has 1 rings (SSSR count). The quantitative estimate of drug-likeness (QED) is 0.307. The number of aliphatic imine (C=N–C) groups is 1. The van der Waals surface area contributed by atoms with Gasteiger partial charge < -0.3 is 30.4 Å². The van der Waals surface area contributed by atoms with Gasteiger partial charge >= 0.3 is 6.09 Å². The first-order valence-corrected chi connectivity index (χ1v) is 8.96. The number of furan rings is 1. The lowest BCUT2D eigenvalue weighted by molar-refractivity contribution is 0.0528. The van der Waals surface area contributed by atoms with Gasteiger partial charge in [-0.15, -0.1) is 0 Å². The van der Waals surface area contributed by atoms with Crippen LogP contribution in [0.5, 0.6) is 0 Å². The van der Waals surface area contributed by atoms with E-state index < -0.39 is 11.7 Å². The summed E-state index contributed by atoms with van der Waals surface area (Å²) in [5.41, 5.74) is 0.301. The van der Waals surface area contributed by atoms with Crippen LogP contribution in [0, 0.1) is 6.92 Å². The van der Waals surface area contributed by atoms with Crippen LogP contribution in [-0.4, -0.2) is 56.8 Å². The van der Waals surface area contributed by atoms with Crippen LogP contribution in [0.15, 0.2) is 21.7 Å². The molecule has 0 aliphatic carbocycles. The molecule has 0 radical (unpaired) electrons. The Bertz CT molecular complexity index is 634. The van der Waals surface area contributed by atoms with E-state index in [2.05, 4.69) is 26.3 Å². The molecule has 1 aromatic rings. The van der Waals surface area contributed by atoms with E-state index in [1.807, 2.05) is 27.7 Å². The van der Waals surface area contributed by atoms with Crippen molar-refractivity contribution in [3.8, 4) is 0 Å². The van der Waals surface area contributed by atoms with E-state index in [4.69, 9.17) is 9.15 Å². The van der Waals surface area contributed by atoms with E-state index in [1.165, 1.54) is 6.26 Å². The fourth-order valence-electron chi connectivity index (χ4n) is 2.06. The van der Waals surface area contributed by atoms with Crippen LogP contribution in [0.25, 0.3) is 0 Å². The van der Waals surface area contributed by atoms with Crippen LogP contribution in [0.2, 0.25) is 0 Å². The predicted octanol–water partition coefficient (Wildman–Crippen LogP) is 1.40. The van der Waals surface area contributed by atoms with E-state index in [9.17, 15) is 9.59 Å². The molecule has 0 saturated carbocycles. The van der Waals surface area contributed by atoms with Crippen LogP contribution < -0.4 is 21.3 Å². The molecule has 0 fully saturated rings. The van der Waals surface area contributed by atoms with E-state index in [0.717, 1.165) is 12.0 Å². The predicted molar refractivity (Wildman–Crippen MR) is 104 cm³/mol. The molecule has 0 bridgehead atoms. The summed E-state index contributed by atoms with van der Waals surface area (Å²) in [6.07, 6.45) is 1.77. The van der Waals surface area contributed by atoms with Gasteiger partial charge in [-0.2, -0.15) is 0 Å². The van der Waals surface area contributed by atoms with Crippen molar-refractivity contribution in [3.63, 3.8) is 0 Å². The van der Waals surface area contributed by atoms with Crippen molar-refractivity contribution in [2.75, 3.05) is 33.2 Å². The molecule has 1 aromatic heterocycles. The maximum Gasteiger partial charge on any atom is 0.407 e. The maximum atomic E-state index is 11.9. The van der Waals surface area contributed by atoms with Crippen LogP contribution in [-0.2, 0) is 4.74 Å². The molecule has 4 N–H and O–H groups in total. The van der Waals surface area contributed by atoms with Crippen molar-refractivity contribution in [3.05, 3.63) is 23.7 Å². The summed E-state index contributed by atoms with van der Waals surface area (Å²) >= 11 is 0. The van der Waals surface area contributed by atoms with Crippen LogP contribution in [0.1, 0.15) is 43.3 Å².